The first-order valence-electron chi connectivity index (χ1n) is 6.39. The van der Waals surface area contributed by atoms with Crippen molar-refractivity contribution in [1.29, 1.82) is 0 Å². The van der Waals surface area contributed by atoms with E-state index < -0.39 is 23.2 Å². The van der Waals surface area contributed by atoms with E-state index >= 15 is 0 Å². The van der Waals surface area contributed by atoms with Gasteiger partial charge in [-0.1, -0.05) is 19.9 Å². The molecule has 0 saturated heterocycles. The van der Waals surface area contributed by atoms with Gasteiger partial charge in [0.15, 0.2) is 0 Å². The fourth-order valence-electron chi connectivity index (χ4n) is 2.70. The second kappa shape index (κ2) is 4.96. The molecule has 2 rings (SSSR count). The summed E-state index contributed by atoms with van der Waals surface area (Å²) < 4.78 is 0. The Balaban J connectivity index is 1.90. The van der Waals surface area contributed by atoms with Crippen LogP contribution in [0.5, 0.6) is 0 Å². The van der Waals surface area contributed by atoms with Crippen molar-refractivity contribution in [2.24, 2.45) is 17.3 Å². The van der Waals surface area contributed by atoms with Crippen molar-refractivity contribution in [1.82, 2.24) is 5.32 Å². The number of carboxylic acids is 1. The van der Waals surface area contributed by atoms with E-state index in [2.05, 4.69) is 5.32 Å². The summed E-state index contributed by atoms with van der Waals surface area (Å²) in [6, 6.07) is 4.05. The summed E-state index contributed by atoms with van der Waals surface area (Å²) in [5.74, 6) is -1.98. The van der Waals surface area contributed by atoms with Gasteiger partial charge in [-0.25, -0.2) is 0 Å². The number of thiophene rings is 1. The summed E-state index contributed by atoms with van der Waals surface area (Å²) in [6.45, 7) is 5.61. The highest BCUT2D eigenvalue weighted by Gasteiger charge is 2.65. The van der Waals surface area contributed by atoms with Crippen molar-refractivity contribution in [3.63, 3.8) is 0 Å². The lowest BCUT2D eigenvalue weighted by molar-refractivity contribution is -0.140. The molecule has 1 aromatic heterocycles. The maximum atomic E-state index is 12.1. The van der Waals surface area contributed by atoms with Crippen molar-refractivity contribution in [2.45, 2.75) is 33.2 Å². The lowest BCUT2D eigenvalue weighted by Gasteiger charge is -2.13. The van der Waals surface area contributed by atoms with Gasteiger partial charge in [0.1, 0.15) is 0 Å². The number of carbonyl (C=O) groups excluding carboxylic acids is 1. The summed E-state index contributed by atoms with van der Waals surface area (Å²) >= 11 is 1.66. The third-order valence-corrected chi connectivity index (χ3v) is 4.75. The highest BCUT2D eigenvalue weighted by atomic mass is 32.1. The molecule has 4 nitrogen and oxygen atoms in total. The molecule has 0 spiro atoms. The topological polar surface area (TPSA) is 66.4 Å². The molecule has 0 aromatic carbocycles. The molecule has 1 aliphatic rings. The number of carbonyl (C=O) groups is 2. The normalized spacial score (nSPS) is 25.6. The summed E-state index contributed by atoms with van der Waals surface area (Å²) in [5.41, 5.74) is -0.432. The fourth-order valence-corrected chi connectivity index (χ4v) is 3.54. The average Bonchev–Trinajstić information content (AvgIpc) is 2.66. The van der Waals surface area contributed by atoms with E-state index in [0.29, 0.717) is 0 Å². The molecule has 3 unspecified atom stereocenters. The maximum Gasteiger partial charge on any atom is 0.307 e. The van der Waals surface area contributed by atoms with E-state index in [9.17, 15) is 9.59 Å². The van der Waals surface area contributed by atoms with E-state index in [1.54, 1.807) is 11.3 Å². The third kappa shape index (κ3) is 2.81. The average molecular weight is 281 g/mol. The monoisotopic (exact) mass is 281 g/mol. The molecule has 5 heteroatoms. The van der Waals surface area contributed by atoms with Gasteiger partial charge in [0, 0.05) is 17.3 Å². The molecule has 0 radical (unpaired) electrons. The Morgan fingerprint density at radius 3 is 2.63 bits per heavy atom. The van der Waals surface area contributed by atoms with Gasteiger partial charge in [-0.05, 0) is 23.8 Å². The number of aliphatic carboxylic acids is 1. The van der Waals surface area contributed by atoms with Crippen LogP contribution >= 0.6 is 11.3 Å². The van der Waals surface area contributed by atoms with Crippen LogP contribution in [0.25, 0.3) is 0 Å². The van der Waals surface area contributed by atoms with Gasteiger partial charge in [0.25, 0.3) is 0 Å². The van der Waals surface area contributed by atoms with Crippen molar-refractivity contribution in [3.8, 4) is 0 Å². The maximum absolute atomic E-state index is 12.1. The minimum absolute atomic E-state index is 0.0250. The van der Waals surface area contributed by atoms with E-state index in [1.165, 1.54) is 4.88 Å². The standard InChI is InChI=1S/C14H19NO3S/c1-8(7-9-5-4-6-19-9)15-12(16)10-11(13(17)18)14(10,2)3/h4-6,8,10-11H,7H2,1-3H3,(H,15,16)(H,17,18). The van der Waals surface area contributed by atoms with Gasteiger partial charge < -0.3 is 10.4 Å². The SMILES string of the molecule is CC(Cc1cccs1)NC(=O)C1C(C(=O)O)C1(C)C. The van der Waals surface area contributed by atoms with Gasteiger partial charge in [-0.2, -0.15) is 0 Å². The molecule has 1 heterocycles. The summed E-state index contributed by atoms with van der Waals surface area (Å²) in [5, 5.41) is 14.0. The van der Waals surface area contributed by atoms with Gasteiger partial charge in [-0.3, -0.25) is 9.59 Å². The number of hydrogen-bond donors (Lipinski definition) is 2. The Morgan fingerprint density at radius 2 is 2.16 bits per heavy atom. The van der Waals surface area contributed by atoms with Crippen molar-refractivity contribution < 1.29 is 14.7 Å². The number of amides is 1. The first-order chi connectivity index (χ1) is 8.84. The molecule has 0 aliphatic heterocycles. The third-order valence-electron chi connectivity index (χ3n) is 3.85. The van der Waals surface area contributed by atoms with Gasteiger partial charge >= 0.3 is 5.97 Å². The Morgan fingerprint density at radius 1 is 1.47 bits per heavy atom. The van der Waals surface area contributed by atoms with E-state index in [0.717, 1.165) is 6.42 Å². The minimum atomic E-state index is -0.879. The number of carboxylic acid groups (broad SMARTS) is 1. The highest BCUT2D eigenvalue weighted by Crippen LogP contribution is 2.58. The lowest BCUT2D eigenvalue weighted by Crippen LogP contribution is -2.36. The van der Waals surface area contributed by atoms with Crippen LogP contribution in [0.2, 0.25) is 0 Å². The molecule has 1 fully saturated rings. The number of hydrogen-bond acceptors (Lipinski definition) is 3. The largest absolute Gasteiger partial charge is 0.481 e. The Labute approximate surface area is 116 Å². The zero-order chi connectivity index (χ0) is 14.2. The summed E-state index contributed by atoms with van der Waals surface area (Å²) in [7, 11) is 0. The molecule has 3 atom stereocenters. The lowest BCUT2D eigenvalue weighted by atomic mass is 10.1. The van der Waals surface area contributed by atoms with Crippen LogP contribution in [0.3, 0.4) is 0 Å². The molecular formula is C14H19NO3S. The van der Waals surface area contributed by atoms with E-state index in [-0.39, 0.29) is 11.9 Å². The summed E-state index contributed by atoms with van der Waals surface area (Å²) in [4.78, 5) is 24.4. The van der Waals surface area contributed by atoms with Crippen molar-refractivity contribution in [3.05, 3.63) is 22.4 Å². The molecule has 104 valence electrons. The molecular weight excluding hydrogens is 262 g/mol. The quantitative estimate of drug-likeness (QED) is 0.869. The first-order valence-corrected chi connectivity index (χ1v) is 7.27. The molecule has 2 N–H and O–H groups in total. The zero-order valence-electron chi connectivity index (χ0n) is 11.3. The molecule has 1 aliphatic carbocycles. The Kier molecular flexibility index (Phi) is 3.67. The fraction of sp³-hybridized carbons (Fsp3) is 0.571. The molecule has 1 aromatic rings. The Hall–Kier alpha value is -1.36. The zero-order valence-corrected chi connectivity index (χ0v) is 12.2. The van der Waals surface area contributed by atoms with Crippen LogP contribution in [0.15, 0.2) is 17.5 Å². The Bertz CT molecular complexity index is 481. The predicted molar refractivity (Wildman–Crippen MR) is 74.0 cm³/mol. The van der Waals surface area contributed by atoms with E-state index in [4.69, 9.17) is 5.11 Å². The van der Waals surface area contributed by atoms with Gasteiger partial charge in [-0.15, -0.1) is 11.3 Å². The van der Waals surface area contributed by atoms with E-state index in [1.807, 2.05) is 38.3 Å². The van der Waals surface area contributed by atoms with Crippen LogP contribution in [-0.2, 0) is 16.0 Å². The van der Waals surface area contributed by atoms with Crippen LogP contribution in [0.1, 0.15) is 25.6 Å². The van der Waals surface area contributed by atoms with Crippen LogP contribution < -0.4 is 5.32 Å². The first kappa shape index (κ1) is 14.1. The van der Waals surface area contributed by atoms with Gasteiger partial charge in [0.05, 0.1) is 11.8 Å². The smallest absolute Gasteiger partial charge is 0.307 e. The second-order valence-corrected chi connectivity index (χ2v) is 6.84. The van der Waals surface area contributed by atoms with Crippen molar-refractivity contribution in [2.75, 3.05) is 0 Å². The number of nitrogens with one attached hydrogen (secondary N) is 1. The predicted octanol–water partition coefficient (Wildman–Crippen LogP) is 2.15. The molecule has 19 heavy (non-hydrogen) atoms. The second-order valence-electron chi connectivity index (χ2n) is 5.81. The summed E-state index contributed by atoms with van der Waals surface area (Å²) in [6.07, 6.45) is 0.786. The van der Waals surface area contributed by atoms with Crippen molar-refractivity contribution >= 4 is 23.2 Å². The van der Waals surface area contributed by atoms with Crippen LogP contribution in [-0.4, -0.2) is 23.0 Å². The minimum Gasteiger partial charge on any atom is -0.481 e. The molecule has 1 amide bonds. The molecule has 0 bridgehead atoms. The number of rotatable bonds is 5. The van der Waals surface area contributed by atoms with Crippen LogP contribution in [0.4, 0.5) is 0 Å². The van der Waals surface area contributed by atoms with Gasteiger partial charge in [0.2, 0.25) is 5.91 Å². The highest BCUT2D eigenvalue weighted by molar-refractivity contribution is 7.09. The van der Waals surface area contributed by atoms with Crippen LogP contribution in [0, 0.1) is 17.3 Å². The molecule has 1 saturated carbocycles.